The number of amides is 1. The largest absolute Gasteiger partial charge is 0.352 e. The number of halogens is 1. The number of aromatic nitrogens is 2. The van der Waals surface area contributed by atoms with Crippen molar-refractivity contribution >= 4 is 11.7 Å². The Hall–Kier alpha value is -2.70. The van der Waals surface area contributed by atoms with Crippen molar-refractivity contribution in [2.24, 2.45) is 0 Å². The molecular weight excluding hydrogens is 323 g/mol. The van der Waals surface area contributed by atoms with E-state index in [1.807, 2.05) is 11.8 Å². The average molecular weight is 344 g/mol. The van der Waals surface area contributed by atoms with Gasteiger partial charge in [-0.15, -0.1) is 5.10 Å². The second-order valence-electron chi connectivity index (χ2n) is 6.04. The molecule has 0 N–H and O–H groups in total. The van der Waals surface area contributed by atoms with Crippen LogP contribution in [0.25, 0.3) is 5.69 Å². The molecule has 3 rings (SSSR count). The topological polar surface area (TPSA) is 58.4 Å². The molecule has 0 atom stereocenters. The third-order valence-electron chi connectivity index (χ3n) is 4.28. The van der Waals surface area contributed by atoms with E-state index in [1.165, 1.54) is 35.0 Å². The highest BCUT2D eigenvalue weighted by Crippen LogP contribution is 2.14. The van der Waals surface area contributed by atoms with Crippen LogP contribution in [0.4, 0.5) is 10.2 Å². The van der Waals surface area contributed by atoms with Crippen LogP contribution < -0.4 is 10.5 Å². The van der Waals surface area contributed by atoms with Gasteiger partial charge in [0.1, 0.15) is 11.6 Å². The van der Waals surface area contributed by atoms with Gasteiger partial charge in [-0.05, 0) is 36.8 Å². The molecule has 0 saturated carbocycles. The number of anilines is 1. The van der Waals surface area contributed by atoms with Gasteiger partial charge in [-0.3, -0.25) is 9.59 Å². The third kappa shape index (κ3) is 3.87. The van der Waals surface area contributed by atoms with E-state index < -0.39 is 0 Å². The summed E-state index contributed by atoms with van der Waals surface area (Å²) in [5, 5.41) is 4.41. The number of benzene rings is 1. The average Bonchev–Trinajstić information content (AvgIpc) is 2.63. The summed E-state index contributed by atoms with van der Waals surface area (Å²) in [6.07, 6.45) is 1.43. The first-order valence-corrected chi connectivity index (χ1v) is 8.47. The van der Waals surface area contributed by atoms with E-state index >= 15 is 0 Å². The van der Waals surface area contributed by atoms with Crippen LogP contribution in [0.15, 0.2) is 41.2 Å². The zero-order chi connectivity index (χ0) is 17.8. The van der Waals surface area contributed by atoms with Crippen LogP contribution in [0.2, 0.25) is 0 Å². The lowest BCUT2D eigenvalue weighted by molar-refractivity contribution is -0.131. The van der Waals surface area contributed by atoms with Crippen molar-refractivity contribution in [2.45, 2.75) is 19.8 Å². The van der Waals surface area contributed by atoms with Gasteiger partial charge in [-0.2, -0.15) is 4.68 Å². The van der Waals surface area contributed by atoms with Gasteiger partial charge in [-0.1, -0.05) is 6.92 Å². The van der Waals surface area contributed by atoms with Gasteiger partial charge in [0.25, 0.3) is 5.56 Å². The Bertz CT molecular complexity index is 795. The standard InChI is InChI=1S/C18H21FN4O2/c1-2-3-17(24)22-12-10-21(11-13-22)16-8-9-18(25)23(20-16)15-6-4-14(19)5-7-15/h4-9H,2-3,10-13H2,1H3. The van der Waals surface area contributed by atoms with E-state index in [2.05, 4.69) is 10.00 Å². The van der Waals surface area contributed by atoms with Crippen molar-refractivity contribution in [3.63, 3.8) is 0 Å². The molecule has 0 aliphatic carbocycles. The van der Waals surface area contributed by atoms with Crippen LogP contribution in [0, 0.1) is 5.82 Å². The monoisotopic (exact) mass is 344 g/mol. The Kier molecular flexibility index (Phi) is 5.11. The van der Waals surface area contributed by atoms with E-state index in [0.29, 0.717) is 44.1 Å². The lowest BCUT2D eigenvalue weighted by Crippen LogP contribution is -2.49. The van der Waals surface area contributed by atoms with Gasteiger partial charge in [0.15, 0.2) is 0 Å². The quantitative estimate of drug-likeness (QED) is 0.849. The molecule has 6 nitrogen and oxygen atoms in total. The zero-order valence-corrected chi connectivity index (χ0v) is 14.2. The summed E-state index contributed by atoms with van der Waals surface area (Å²) in [7, 11) is 0. The molecule has 2 aromatic rings. The van der Waals surface area contributed by atoms with Gasteiger partial charge in [-0.25, -0.2) is 4.39 Å². The van der Waals surface area contributed by atoms with E-state index in [9.17, 15) is 14.0 Å². The summed E-state index contributed by atoms with van der Waals surface area (Å²) in [4.78, 5) is 28.0. The zero-order valence-electron chi connectivity index (χ0n) is 14.2. The molecule has 0 bridgehead atoms. The highest BCUT2D eigenvalue weighted by atomic mass is 19.1. The maximum Gasteiger partial charge on any atom is 0.271 e. The second kappa shape index (κ2) is 7.46. The van der Waals surface area contributed by atoms with Gasteiger partial charge in [0, 0.05) is 38.7 Å². The predicted molar refractivity (Wildman–Crippen MR) is 93.5 cm³/mol. The fraction of sp³-hybridized carbons (Fsp3) is 0.389. The number of piperazine rings is 1. The summed E-state index contributed by atoms with van der Waals surface area (Å²) >= 11 is 0. The fourth-order valence-corrected chi connectivity index (χ4v) is 2.89. The molecule has 1 aromatic carbocycles. The molecular formula is C18H21FN4O2. The predicted octanol–water partition coefficient (Wildman–Crippen LogP) is 1.82. The Balaban J connectivity index is 1.76. The van der Waals surface area contributed by atoms with Gasteiger partial charge in [0.2, 0.25) is 5.91 Å². The second-order valence-corrected chi connectivity index (χ2v) is 6.04. The lowest BCUT2D eigenvalue weighted by Gasteiger charge is -2.35. The number of nitrogens with zero attached hydrogens (tertiary/aromatic N) is 4. The summed E-state index contributed by atoms with van der Waals surface area (Å²) in [5.41, 5.74) is 0.247. The smallest absolute Gasteiger partial charge is 0.271 e. The molecule has 1 amide bonds. The molecule has 2 heterocycles. The SMILES string of the molecule is CCCC(=O)N1CCN(c2ccc(=O)n(-c3ccc(F)cc3)n2)CC1. The first-order chi connectivity index (χ1) is 12.1. The maximum atomic E-state index is 13.1. The van der Waals surface area contributed by atoms with Crippen LogP contribution in [0.1, 0.15) is 19.8 Å². The molecule has 1 saturated heterocycles. The molecule has 0 spiro atoms. The first kappa shape index (κ1) is 17.1. The summed E-state index contributed by atoms with van der Waals surface area (Å²) < 4.78 is 14.3. The molecule has 25 heavy (non-hydrogen) atoms. The van der Waals surface area contributed by atoms with Crippen LogP contribution in [0.3, 0.4) is 0 Å². The van der Waals surface area contributed by atoms with Gasteiger partial charge < -0.3 is 9.80 Å². The van der Waals surface area contributed by atoms with Crippen molar-refractivity contribution in [1.29, 1.82) is 0 Å². The highest BCUT2D eigenvalue weighted by molar-refractivity contribution is 5.76. The van der Waals surface area contributed by atoms with Crippen molar-refractivity contribution in [3.05, 3.63) is 52.6 Å². The molecule has 1 fully saturated rings. The molecule has 0 radical (unpaired) electrons. The van der Waals surface area contributed by atoms with Crippen molar-refractivity contribution in [2.75, 3.05) is 31.1 Å². The molecule has 1 aromatic heterocycles. The molecule has 1 aliphatic heterocycles. The number of rotatable bonds is 4. The highest BCUT2D eigenvalue weighted by Gasteiger charge is 2.21. The van der Waals surface area contributed by atoms with Gasteiger partial charge in [0.05, 0.1) is 5.69 Å². The molecule has 0 unspecified atom stereocenters. The van der Waals surface area contributed by atoms with E-state index in [-0.39, 0.29) is 17.3 Å². The van der Waals surface area contributed by atoms with Crippen molar-refractivity contribution in [3.8, 4) is 5.69 Å². The van der Waals surface area contributed by atoms with Gasteiger partial charge >= 0.3 is 0 Å². The Morgan fingerprint density at radius 3 is 2.40 bits per heavy atom. The Labute approximate surface area is 145 Å². The molecule has 1 aliphatic rings. The minimum atomic E-state index is -0.360. The molecule has 132 valence electrons. The Morgan fingerprint density at radius 2 is 1.76 bits per heavy atom. The summed E-state index contributed by atoms with van der Waals surface area (Å²) in [6.45, 7) is 4.64. The number of carbonyl (C=O) groups excluding carboxylic acids is 1. The van der Waals surface area contributed by atoms with Crippen molar-refractivity contribution in [1.82, 2.24) is 14.7 Å². The molecule has 7 heteroatoms. The van der Waals surface area contributed by atoms with Crippen LogP contribution in [0.5, 0.6) is 0 Å². The number of hydrogen-bond acceptors (Lipinski definition) is 4. The number of hydrogen-bond donors (Lipinski definition) is 0. The Morgan fingerprint density at radius 1 is 1.08 bits per heavy atom. The minimum Gasteiger partial charge on any atom is -0.352 e. The normalized spacial score (nSPS) is 14.6. The van der Waals surface area contributed by atoms with Crippen molar-refractivity contribution < 1.29 is 9.18 Å². The maximum absolute atomic E-state index is 13.1. The fourth-order valence-electron chi connectivity index (χ4n) is 2.89. The number of carbonyl (C=O) groups is 1. The van der Waals surface area contributed by atoms with E-state index in [1.54, 1.807) is 6.07 Å². The van der Waals surface area contributed by atoms with Crippen LogP contribution in [-0.2, 0) is 4.79 Å². The summed E-state index contributed by atoms with van der Waals surface area (Å²) in [5.74, 6) is 0.499. The first-order valence-electron chi connectivity index (χ1n) is 8.47. The minimum absolute atomic E-state index is 0.186. The van der Waals surface area contributed by atoms with E-state index in [4.69, 9.17) is 0 Å². The van der Waals surface area contributed by atoms with Crippen LogP contribution >= 0.6 is 0 Å². The third-order valence-corrected chi connectivity index (χ3v) is 4.28. The van der Waals surface area contributed by atoms with E-state index in [0.717, 1.165) is 6.42 Å². The van der Waals surface area contributed by atoms with Crippen LogP contribution in [-0.4, -0.2) is 46.8 Å². The summed E-state index contributed by atoms with van der Waals surface area (Å²) in [6, 6.07) is 8.79. The lowest BCUT2D eigenvalue weighted by atomic mass is 10.2.